The summed E-state index contributed by atoms with van der Waals surface area (Å²) in [4.78, 5) is 9.04. The minimum absolute atomic E-state index is 0.584. The van der Waals surface area contributed by atoms with Gasteiger partial charge in [-0.1, -0.05) is 22.8 Å². The number of piperazine rings is 1. The smallest absolute Gasteiger partial charge is 0.194 e. The van der Waals surface area contributed by atoms with Crippen LogP contribution < -0.4 is 10.2 Å². The summed E-state index contributed by atoms with van der Waals surface area (Å²) in [5, 5.41) is 8.03. The van der Waals surface area contributed by atoms with Gasteiger partial charge in [0.2, 0.25) is 0 Å². The molecule has 1 aromatic heterocycles. The molecule has 0 radical (unpaired) electrons. The first-order chi connectivity index (χ1) is 12.1. The van der Waals surface area contributed by atoms with E-state index < -0.39 is 0 Å². The monoisotopic (exact) mass is 361 g/mol. The highest BCUT2D eigenvalue weighted by atomic mass is 35.5. The molecule has 1 aliphatic rings. The lowest BCUT2D eigenvalue weighted by molar-refractivity contribution is 0.357. The summed E-state index contributed by atoms with van der Waals surface area (Å²) in [6.45, 7) is 8.30. The second kappa shape index (κ2) is 7.78. The average Bonchev–Trinajstić information content (AvgIpc) is 3.03. The van der Waals surface area contributed by atoms with Crippen LogP contribution in [0.3, 0.4) is 0 Å². The van der Waals surface area contributed by atoms with Gasteiger partial charge in [0, 0.05) is 50.0 Å². The number of guanidine groups is 1. The van der Waals surface area contributed by atoms with Crippen molar-refractivity contribution in [2.45, 2.75) is 20.4 Å². The third kappa shape index (κ3) is 4.25. The van der Waals surface area contributed by atoms with Crippen molar-refractivity contribution < 1.29 is 4.52 Å². The molecular formula is C18H24ClN5O. The van der Waals surface area contributed by atoms with Gasteiger partial charge in [-0.25, -0.2) is 0 Å². The second-order valence-corrected chi connectivity index (χ2v) is 6.68. The normalized spacial score (nSPS) is 15.6. The van der Waals surface area contributed by atoms with Crippen molar-refractivity contribution >= 4 is 23.2 Å². The van der Waals surface area contributed by atoms with Crippen molar-refractivity contribution in [3.63, 3.8) is 0 Å². The van der Waals surface area contributed by atoms with Gasteiger partial charge < -0.3 is 19.6 Å². The molecule has 0 amide bonds. The standard InChI is InChI=1S/C18H24ClN5O/c1-13-4-5-15(19)11-17(13)23-6-8-24(9-7-23)18(20-3)21-12-16-10-14(2)22-25-16/h4-5,10-11H,6-9,12H2,1-3H3,(H,20,21). The predicted octanol–water partition coefficient (Wildman–Crippen LogP) is 2.84. The lowest BCUT2D eigenvalue weighted by Crippen LogP contribution is -2.52. The Balaban J connectivity index is 1.57. The van der Waals surface area contributed by atoms with Gasteiger partial charge in [0.15, 0.2) is 11.7 Å². The van der Waals surface area contributed by atoms with Gasteiger partial charge >= 0.3 is 0 Å². The Hall–Kier alpha value is -2.21. The van der Waals surface area contributed by atoms with E-state index in [2.05, 4.69) is 38.3 Å². The van der Waals surface area contributed by atoms with Crippen LogP contribution in [0.25, 0.3) is 0 Å². The Morgan fingerprint density at radius 2 is 2.00 bits per heavy atom. The maximum absolute atomic E-state index is 6.16. The SMILES string of the molecule is CN=C(NCc1cc(C)no1)N1CCN(c2cc(Cl)ccc2C)CC1. The van der Waals surface area contributed by atoms with E-state index in [1.165, 1.54) is 11.3 Å². The molecule has 2 heterocycles. The van der Waals surface area contributed by atoms with Crippen LogP contribution in [0.4, 0.5) is 5.69 Å². The number of halogens is 1. The molecule has 0 unspecified atom stereocenters. The summed E-state index contributed by atoms with van der Waals surface area (Å²) in [6, 6.07) is 7.99. The van der Waals surface area contributed by atoms with Crippen molar-refractivity contribution in [1.82, 2.24) is 15.4 Å². The first-order valence-corrected chi connectivity index (χ1v) is 8.83. The van der Waals surface area contributed by atoms with Gasteiger partial charge in [-0.3, -0.25) is 4.99 Å². The highest BCUT2D eigenvalue weighted by molar-refractivity contribution is 6.30. The first-order valence-electron chi connectivity index (χ1n) is 8.45. The maximum Gasteiger partial charge on any atom is 0.194 e. The molecule has 2 aromatic rings. The van der Waals surface area contributed by atoms with Gasteiger partial charge in [-0.15, -0.1) is 0 Å². The number of nitrogens with one attached hydrogen (secondary N) is 1. The van der Waals surface area contributed by atoms with Crippen molar-refractivity contribution in [2.24, 2.45) is 4.99 Å². The molecule has 7 heteroatoms. The van der Waals surface area contributed by atoms with Crippen LogP contribution in [0, 0.1) is 13.8 Å². The van der Waals surface area contributed by atoms with Gasteiger partial charge in [0.1, 0.15) is 0 Å². The quantitative estimate of drug-likeness (QED) is 0.673. The van der Waals surface area contributed by atoms with Crippen molar-refractivity contribution in [3.05, 3.63) is 46.3 Å². The van der Waals surface area contributed by atoms with Crippen LogP contribution >= 0.6 is 11.6 Å². The number of nitrogens with zero attached hydrogens (tertiary/aromatic N) is 4. The van der Waals surface area contributed by atoms with Crippen LogP contribution in [-0.4, -0.2) is 49.2 Å². The zero-order chi connectivity index (χ0) is 17.8. The fourth-order valence-corrected chi connectivity index (χ4v) is 3.25. The number of aryl methyl sites for hydroxylation is 2. The number of benzene rings is 1. The second-order valence-electron chi connectivity index (χ2n) is 6.24. The van der Waals surface area contributed by atoms with Crippen LogP contribution in [0.1, 0.15) is 17.0 Å². The van der Waals surface area contributed by atoms with E-state index in [9.17, 15) is 0 Å². The zero-order valence-corrected chi connectivity index (χ0v) is 15.7. The largest absolute Gasteiger partial charge is 0.368 e. The fraction of sp³-hybridized carbons (Fsp3) is 0.444. The molecule has 134 valence electrons. The fourth-order valence-electron chi connectivity index (χ4n) is 3.08. The summed E-state index contributed by atoms with van der Waals surface area (Å²) in [6.07, 6.45) is 0. The molecule has 1 N–H and O–H groups in total. The Labute approximate surface area is 153 Å². The summed E-state index contributed by atoms with van der Waals surface area (Å²) in [5.74, 6) is 1.70. The minimum atomic E-state index is 0.584. The molecule has 25 heavy (non-hydrogen) atoms. The van der Waals surface area contributed by atoms with Crippen LogP contribution in [0.2, 0.25) is 5.02 Å². The highest BCUT2D eigenvalue weighted by Crippen LogP contribution is 2.25. The molecule has 0 saturated carbocycles. The summed E-state index contributed by atoms with van der Waals surface area (Å²) >= 11 is 6.16. The first kappa shape index (κ1) is 17.6. The lowest BCUT2D eigenvalue weighted by Gasteiger charge is -2.38. The number of anilines is 1. The van der Waals surface area contributed by atoms with Crippen molar-refractivity contribution in [1.29, 1.82) is 0 Å². The third-order valence-electron chi connectivity index (χ3n) is 4.40. The molecule has 0 bridgehead atoms. The zero-order valence-electron chi connectivity index (χ0n) is 14.9. The van der Waals surface area contributed by atoms with Gasteiger partial charge in [0.25, 0.3) is 0 Å². The van der Waals surface area contributed by atoms with E-state index >= 15 is 0 Å². The third-order valence-corrected chi connectivity index (χ3v) is 4.64. The van der Waals surface area contributed by atoms with Gasteiger partial charge in [0.05, 0.1) is 12.2 Å². The van der Waals surface area contributed by atoms with Crippen molar-refractivity contribution in [2.75, 3.05) is 38.1 Å². The van der Waals surface area contributed by atoms with E-state index in [-0.39, 0.29) is 0 Å². The Bertz CT molecular complexity index is 750. The lowest BCUT2D eigenvalue weighted by atomic mass is 10.1. The Kier molecular flexibility index (Phi) is 5.48. The molecule has 6 nitrogen and oxygen atoms in total. The average molecular weight is 362 g/mol. The Morgan fingerprint density at radius 1 is 1.24 bits per heavy atom. The predicted molar refractivity (Wildman–Crippen MR) is 101 cm³/mol. The van der Waals surface area contributed by atoms with E-state index in [0.717, 1.165) is 48.6 Å². The molecule has 0 aliphatic carbocycles. The number of aromatic nitrogens is 1. The highest BCUT2D eigenvalue weighted by Gasteiger charge is 2.21. The van der Waals surface area contributed by atoms with Gasteiger partial charge in [-0.2, -0.15) is 0 Å². The summed E-state index contributed by atoms with van der Waals surface area (Å²) < 4.78 is 5.24. The van der Waals surface area contributed by atoms with E-state index in [4.69, 9.17) is 16.1 Å². The topological polar surface area (TPSA) is 56.9 Å². The molecule has 1 fully saturated rings. The van der Waals surface area contributed by atoms with E-state index in [1.807, 2.05) is 32.2 Å². The molecule has 0 spiro atoms. The molecule has 3 rings (SSSR count). The number of aliphatic imine (C=N–C) groups is 1. The molecular weight excluding hydrogens is 338 g/mol. The maximum atomic E-state index is 6.16. The molecule has 1 aliphatic heterocycles. The number of rotatable bonds is 3. The van der Waals surface area contributed by atoms with Crippen molar-refractivity contribution in [3.8, 4) is 0 Å². The summed E-state index contributed by atoms with van der Waals surface area (Å²) in [5.41, 5.74) is 3.35. The van der Waals surface area contributed by atoms with Gasteiger partial charge in [-0.05, 0) is 31.5 Å². The summed E-state index contributed by atoms with van der Waals surface area (Å²) in [7, 11) is 1.81. The number of hydrogen-bond acceptors (Lipinski definition) is 4. The molecule has 0 atom stereocenters. The Morgan fingerprint density at radius 3 is 2.64 bits per heavy atom. The van der Waals surface area contributed by atoms with E-state index in [0.29, 0.717) is 6.54 Å². The van der Waals surface area contributed by atoms with E-state index in [1.54, 1.807) is 0 Å². The van der Waals surface area contributed by atoms with Crippen LogP contribution in [0.5, 0.6) is 0 Å². The molecule has 1 saturated heterocycles. The number of hydrogen-bond donors (Lipinski definition) is 1. The van der Waals surface area contributed by atoms with Crippen LogP contribution in [-0.2, 0) is 6.54 Å². The van der Waals surface area contributed by atoms with Crippen LogP contribution in [0.15, 0.2) is 33.8 Å². The minimum Gasteiger partial charge on any atom is -0.368 e. The molecule has 1 aromatic carbocycles.